The van der Waals surface area contributed by atoms with Gasteiger partial charge in [0, 0.05) is 12.7 Å². The third-order valence-corrected chi connectivity index (χ3v) is 2.70. The fraction of sp³-hybridized carbons (Fsp3) is 0.308. The van der Waals surface area contributed by atoms with Gasteiger partial charge < -0.3 is 5.32 Å². The SMILES string of the molecule is Cc1cc(CNc2ccccc2C)n(C)n1. The number of aryl methyl sites for hydroxylation is 3. The smallest absolute Gasteiger partial charge is 0.0597 e. The summed E-state index contributed by atoms with van der Waals surface area (Å²) in [5.74, 6) is 0. The molecular formula is C13H17N3. The van der Waals surface area contributed by atoms with Crippen molar-refractivity contribution in [2.24, 2.45) is 7.05 Å². The second kappa shape index (κ2) is 4.39. The summed E-state index contributed by atoms with van der Waals surface area (Å²) in [6.07, 6.45) is 0. The van der Waals surface area contributed by atoms with Crippen molar-refractivity contribution in [2.75, 3.05) is 5.32 Å². The van der Waals surface area contributed by atoms with Gasteiger partial charge in [0.25, 0.3) is 0 Å². The number of nitrogens with zero attached hydrogens (tertiary/aromatic N) is 2. The van der Waals surface area contributed by atoms with Crippen molar-refractivity contribution in [3.8, 4) is 0 Å². The highest BCUT2D eigenvalue weighted by Gasteiger charge is 2.02. The van der Waals surface area contributed by atoms with E-state index in [1.54, 1.807) is 0 Å². The summed E-state index contributed by atoms with van der Waals surface area (Å²) in [6.45, 7) is 4.93. The van der Waals surface area contributed by atoms with E-state index < -0.39 is 0 Å². The van der Waals surface area contributed by atoms with Gasteiger partial charge in [-0.25, -0.2) is 0 Å². The van der Waals surface area contributed by atoms with Crippen LogP contribution in [-0.2, 0) is 13.6 Å². The summed E-state index contributed by atoms with van der Waals surface area (Å²) in [5, 5.41) is 7.74. The maximum absolute atomic E-state index is 4.32. The Kier molecular flexibility index (Phi) is 2.95. The van der Waals surface area contributed by atoms with E-state index in [-0.39, 0.29) is 0 Å². The van der Waals surface area contributed by atoms with Crippen LogP contribution < -0.4 is 5.32 Å². The highest BCUT2D eigenvalue weighted by molar-refractivity contribution is 5.50. The minimum absolute atomic E-state index is 0.808. The lowest BCUT2D eigenvalue weighted by Crippen LogP contribution is -2.06. The molecule has 0 aliphatic rings. The molecule has 0 bridgehead atoms. The molecule has 0 aliphatic heterocycles. The summed E-state index contributed by atoms with van der Waals surface area (Å²) in [7, 11) is 1.97. The van der Waals surface area contributed by atoms with E-state index in [9.17, 15) is 0 Å². The molecule has 3 nitrogen and oxygen atoms in total. The molecule has 0 saturated carbocycles. The fourth-order valence-corrected chi connectivity index (χ4v) is 1.79. The third-order valence-electron chi connectivity index (χ3n) is 2.70. The normalized spacial score (nSPS) is 10.4. The monoisotopic (exact) mass is 215 g/mol. The van der Waals surface area contributed by atoms with E-state index in [0.29, 0.717) is 0 Å². The lowest BCUT2D eigenvalue weighted by Gasteiger charge is -2.09. The number of nitrogens with one attached hydrogen (secondary N) is 1. The quantitative estimate of drug-likeness (QED) is 0.853. The van der Waals surface area contributed by atoms with Crippen LogP contribution in [0.5, 0.6) is 0 Å². The molecule has 0 amide bonds. The van der Waals surface area contributed by atoms with Crippen LogP contribution in [0.15, 0.2) is 30.3 Å². The Morgan fingerprint density at radius 3 is 2.62 bits per heavy atom. The van der Waals surface area contributed by atoms with E-state index in [0.717, 1.165) is 12.2 Å². The van der Waals surface area contributed by atoms with Crippen LogP contribution in [0, 0.1) is 13.8 Å². The van der Waals surface area contributed by atoms with Crippen LogP contribution in [-0.4, -0.2) is 9.78 Å². The predicted molar refractivity (Wildman–Crippen MR) is 66.5 cm³/mol. The number of hydrogen-bond donors (Lipinski definition) is 1. The standard InChI is InChI=1S/C13H17N3/c1-10-6-4-5-7-13(10)14-9-12-8-11(2)15-16(12)3/h4-8,14H,9H2,1-3H3. The van der Waals surface area contributed by atoms with Crippen LogP contribution in [0.2, 0.25) is 0 Å². The minimum Gasteiger partial charge on any atom is -0.379 e. The molecular weight excluding hydrogens is 198 g/mol. The van der Waals surface area contributed by atoms with Crippen molar-refractivity contribution >= 4 is 5.69 Å². The van der Waals surface area contributed by atoms with Crippen molar-refractivity contribution in [2.45, 2.75) is 20.4 Å². The van der Waals surface area contributed by atoms with Gasteiger partial charge in [-0.05, 0) is 31.5 Å². The van der Waals surface area contributed by atoms with E-state index >= 15 is 0 Å². The summed E-state index contributed by atoms with van der Waals surface area (Å²) in [6, 6.07) is 10.4. The first-order valence-corrected chi connectivity index (χ1v) is 5.46. The molecule has 0 radical (unpaired) electrons. The molecule has 3 heteroatoms. The van der Waals surface area contributed by atoms with Crippen LogP contribution in [0.25, 0.3) is 0 Å². The number of aromatic nitrogens is 2. The Bertz CT molecular complexity index is 486. The van der Waals surface area contributed by atoms with Gasteiger partial charge >= 0.3 is 0 Å². The first-order valence-electron chi connectivity index (χ1n) is 5.46. The van der Waals surface area contributed by atoms with Gasteiger partial charge in [0.05, 0.1) is 17.9 Å². The average Bonchev–Trinajstić information content (AvgIpc) is 2.56. The zero-order valence-corrected chi connectivity index (χ0v) is 9.99. The molecule has 1 aromatic carbocycles. The number of anilines is 1. The predicted octanol–water partition coefficient (Wildman–Crippen LogP) is 2.65. The first kappa shape index (κ1) is 10.7. The van der Waals surface area contributed by atoms with Crippen molar-refractivity contribution in [1.29, 1.82) is 0 Å². The number of benzene rings is 1. The summed E-state index contributed by atoms with van der Waals surface area (Å²) in [5.41, 5.74) is 4.70. The van der Waals surface area contributed by atoms with E-state index in [1.165, 1.54) is 16.9 Å². The Labute approximate surface area is 96.1 Å². The highest BCUT2D eigenvalue weighted by Crippen LogP contribution is 2.14. The third kappa shape index (κ3) is 2.24. The molecule has 0 unspecified atom stereocenters. The maximum Gasteiger partial charge on any atom is 0.0597 e. The van der Waals surface area contributed by atoms with Gasteiger partial charge in [-0.1, -0.05) is 18.2 Å². The Balaban J connectivity index is 2.08. The number of para-hydroxylation sites is 1. The number of hydrogen-bond acceptors (Lipinski definition) is 2. The summed E-state index contributed by atoms with van der Waals surface area (Å²) in [4.78, 5) is 0. The van der Waals surface area contributed by atoms with Gasteiger partial charge in [-0.2, -0.15) is 5.10 Å². The molecule has 0 aliphatic carbocycles. The molecule has 1 aromatic heterocycles. The van der Waals surface area contributed by atoms with E-state index in [4.69, 9.17) is 0 Å². The fourth-order valence-electron chi connectivity index (χ4n) is 1.79. The van der Waals surface area contributed by atoms with Crippen molar-refractivity contribution in [1.82, 2.24) is 9.78 Å². The van der Waals surface area contributed by atoms with E-state index in [2.05, 4.69) is 41.6 Å². The van der Waals surface area contributed by atoms with Gasteiger partial charge in [-0.15, -0.1) is 0 Å². The van der Waals surface area contributed by atoms with Gasteiger partial charge in [0.15, 0.2) is 0 Å². The van der Waals surface area contributed by atoms with Crippen LogP contribution in [0.3, 0.4) is 0 Å². The minimum atomic E-state index is 0.808. The summed E-state index contributed by atoms with van der Waals surface area (Å²) >= 11 is 0. The summed E-state index contributed by atoms with van der Waals surface area (Å²) < 4.78 is 1.92. The molecule has 0 spiro atoms. The van der Waals surface area contributed by atoms with E-state index in [1.807, 2.05) is 24.7 Å². The first-order chi connectivity index (χ1) is 7.66. The number of rotatable bonds is 3. The molecule has 0 atom stereocenters. The highest BCUT2D eigenvalue weighted by atomic mass is 15.3. The zero-order chi connectivity index (χ0) is 11.5. The van der Waals surface area contributed by atoms with Gasteiger partial charge in [0.2, 0.25) is 0 Å². The van der Waals surface area contributed by atoms with Crippen molar-refractivity contribution in [3.63, 3.8) is 0 Å². The lowest BCUT2D eigenvalue weighted by atomic mass is 10.2. The van der Waals surface area contributed by atoms with Crippen molar-refractivity contribution in [3.05, 3.63) is 47.3 Å². The molecule has 84 valence electrons. The van der Waals surface area contributed by atoms with Crippen molar-refractivity contribution < 1.29 is 0 Å². The molecule has 0 fully saturated rings. The largest absolute Gasteiger partial charge is 0.379 e. The molecule has 2 rings (SSSR count). The molecule has 16 heavy (non-hydrogen) atoms. The Morgan fingerprint density at radius 2 is 2.00 bits per heavy atom. The molecule has 1 N–H and O–H groups in total. The van der Waals surface area contributed by atoms with Gasteiger partial charge in [-0.3, -0.25) is 4.68 Å². The average molecular weight is 215 g/mol. The zero-order valence-electron chi connectivity index (χ0n) is 9.99. The Morgan fingerprint density at radius 1 is 1.25 bits per heavy atom. The second-order valence-electron chi connectivity index (χ2n) is 4.07. The van der Waals surface area contributed by atoms with Crippen LogP contribution in [0.4, 0.5) is 5.69 Å². The van der Waals surface area contributed by atoms with Gasteiger partial charge in [0.1, 0.15) is 0 Å². The molecule has 2 aromatic rings. The second-order valence-corrected chi connectivity index (χ2v) is 4.07. The molecule has 0 saturated heterocycles. The topological polar surface area (TPSA) is 29.9 Å². The Hall–Kier alpha value is -1.77. The lowest BCUT2D eigenvalue weighted by molar-refractivity contribution is 0.713. The van der Waals surface area contributed by atoms with Crippen LogP contribution >= 0.6 is 0 Å². The van der Waals surface area contributed by atoms with Crippen LogP contribution in [0.1, 0.15) is 17.0 Å². The maximum atomic E-state index is 4.32. The molecule has 1 heterocycles.